The predicted molar refractivity (Wildman–Crippen MR) is 114 cm³/mol. The van der Waals surface area contributed by atoms with E-state index in [-0.39, 0.29) is 17.1 Å². The monoisotopic (exact) mass is 424 g/mol. The van der Waals surface area contributed by atoms with Gasteiger partial charge in [-0.05, 0) is 68.4 Å². The fourth-order valence-corrected chi connectivity index (χ4v) is 7.38. The Balaban J connectivity index is 1.14. The summed E-state index contributed by atoms with van der Waals surface area (Å²) >= 11 is 1.52. The summed E-state index contributed by atoms with van der Waals surface area (Å²) in [5.74, 6) is 2.82. The summed E-state index contributed by atoms with van der Waals surface area (Å²) in [6, 6.07) is 6.35. The van der Waals surface area contributed by atoms with Crippen molar-refractivity contribution in [1.29, 1.82) is 0 Å². The summed E-state index contributed by atoms with van der Waals surface area (Å²) in [5, 5.41) is 9.86. The molecule has 5 nitrogen and oxygen atoms in total. The Kier molecular flexibility index (Phi) is 4.23. The topological polar surface area (TPSA) is 59.3 Å². The second-order valence-electron chi connectivity index (χ2n) is 9.57. The van der Waals surface area contributed by atoms with Gasteiger partial charge in [0, 0.05) is 29.3 Å². The lowest BCUT2D eigenvalue weighted by Gasteiger charge is -2.55. The summed E-state index contributed by atoms with van der Waals surface area (Å²) in [4.78, 5) is 18.5. The van der Waals surface area contributed by atoms with E-state index in [0.717, 1.165) is 47.7 Å². The van der Waals surface area contributed by atoms with E-state index < -0.39 is 0 Å². The lowest BCUT2D eigenvalue weighted by Crippen LogP contribution is -2.53. The van der Waals surface area contributed by atoms with Crippen LogP contribution in [0.25, 0.3) is 16.3 Å². The van der Waals surface area contributed by atoms with Gasteiger partial charge in [0.05, 0.1) is 5.69 Å². The Morgan fingerprint density at radius 1 is 1.20 bits per heavy atom. The molecule has 3 aromatic rings. The van der Waals surface area contributed by atoms with Crippen LogP contribution in [-0.4, -0.2) is 27.0 Å². The van der Waals surface area contributed by atoms with Crippen molar-refractivity contribution in [3.63, 3.8) is 0 Å². The molecule has 0 aliphatic heterocycles. The van der Waals surface area contributed by atoms with Gasteiger partial charge >= 0.3 is 0 Å². The van der Waals surface area contributed by atoms with Gasteiger partial charge < -0.3 is 5.32 Å². The summed E-state index contributed by atoms with van der Waals surface area (Å²) in [5.41, 5.74) is 1.60. The Bertz CT molecular complexity index is 1080. The molecular formula is C23H25FN4OS. The first-order valence-electron chi connectivity index (χ1n) is 11.0. The van der Waals surface area contributed by atoms with E-state index in [1.807, 2.05) is 16.0 Å². The highest BCUT2D eigenvalue weighted by Gasteiger charge is 2.54. The Morgan fingerprint density at radius 3 is 2.63 bits per heavy atom. The van der Waals surface area contributed by atoms with Crippen molar-refractivity contribution >= 4 is 22.2 Å². The Morgan fingerprint density at radius 2 is 1.93 bits per heavy atom. The highest BCUT2D eigenvalue weighted by atomic mass is 32.1. The molecule has 0 unspecified atom stereocenters. The molecule has 4 saturated carbocycles. The number of rotatable bonds is 5. The van der Waals surface area contributed by atoms with Crippen LogP contribution in [0.2, 0.25) is 0 Å². The molecule has 4 aliphatic carbocycles. The third kappa shape index (κ3) is 3.06. The number of carbonyl (C=O) groups excluding carboxylic acids is 1. The fourth-order valence-electron chi connectivity index (χ4n) is 6.53. The first kappa shape index (κ1) is 18.5. The van der Waals surface area contributed by atoms with Gasteiger partial charge in [0.25, 0.3) is 0 Å². The highest BCUT2D eigenvalue weighted by molar-refractivity contribution is 7.15. The first-order valence-corrected chi connectivity index (χ1v) is 11.8. The van der Waals surface area contributed by atoms with Crippen molar-refractivity contribution in [2.24, 2.45) is 23.2 Å². The SMILES string of the molecule is O=C(NCCc1csc2nc(-c3cccc(F)c3)nn12)C12CC3CC(CC(C3)C1)C2. The van der Waals surface area contributed by atoms with Gasteiger partial charge in [-0.2, -0.15) is 4.98 Å². The maximum Gasteiger partial charge on any atom is 0.226 e. The van der Waals surface area contributed by atoms with Crippen molar-refractivity contribution in [3.8, 4) is 11.4 Å². The summed E-state index contributed by atoms with van der Waals surface area (Å²) in [7, 11) is 0. The molecule has 4 fully saturated rings. The zero-order valence-electron chi connectivity index (χ0n) is 16.8. The molecule has 2 heterocycles. The number of carbonyl (C=O) groups is 1. The number of hydrogen-bond acceptors (Lipinski definition) is 4. The maximum absolute atomic E-state index is 13.5. The molecule has 7 rings (SSSR count). The number of hydrogen-bond donors (Lipinski definition) is 1. The third-order valence-corrected chi connectivity index (χ3v) is 8.28. The number of benzene rings is 1. The Labute approximate surface area is 178 Å². The molecule has 0 spiro atoms. The van der Waals surface area contributed by atoms with Gasteiger partial charge in [-0.25, -0.2) is 8.91 Å². The van der Waals surface area contributed by atoms with Crippen LogP contribution in [0.4, 0.5) is 4.39 Å². The maximum atomic E-state index is 13.5. The van der Waals surface area contributed by atoms with Crippen LogP contribution in [0, 0.1) is 29.0 Å². The second kappa shape index (κ2) is 6.87. The number of amides is 1. The number of aromatic nitrogens is 3. The van der Waals surface area contributed by atoms with Crippen molar-refractivity contribution in [2.45, 2.75) is 44.9 Å². The Hall–Kier alpha value is -2.28. The van der Waals surface area contributed by atoms with Gasteiger partial charge in [0.15, 0.2) is 5.82 Å². The van der Waals surface area contributed by atoms with Gasteiger partial charge in [-0.15, -0.1) is 16.4 Å². The van der Waals surface area contributed by atoms with Crippen molar-refractivity contribution in [2.75, 3.05) is 6.54 Å². The van der Waals surface area contributed by atoms with E-state index in [1.165, 1.54) is 42.7 Å². The molecular weight excluding hydrogens is 399 g/mol. The minimum atomic E-state index is -0.293. The van der Waals surface area contributed by atoms with E-state index in [4.69, 9.17) is 0 Å². The molecule has 7 heteroatoms. The fraction of sp³-hybridized carbons (Fsp3) is 0.522. The third-order valence-electron chi connectivity index (χ3n) is 7.42. The minimum absolute atomic E-state index is 0.101. The predicted octanol–water partition coefficient (Wildman–Crippen LogP) is 4.47. The van der Waals surface area contributed by atoms with Crippen LogP contribution in [0.3, 0.4) is 0 Å². The molecule has 30 heavy (non-hydrogen) atoms. The minimum Gasteiger partial charge on any atom is -0.355 e. The van der Waals surface area contributed by atoms with Crippen LogP contribution in [0.5, 0.6) is 0 Å². The van der Waals surface area contributed by atoms with E-state index in [9.17, 15) is 9.18 Å². The van der Waals surface area contributed by atoms with E-state index in [1.54, 1.807) is 6.07 Å². The van der Waals surface area contributed by atoms with E-state index in [2.05, 4.69) is 15.4 Å². The van der Waals surface area contributed by atoms with Crippen molar-refractivity contribution in [1.82, 2.24) is 19.9 Å². The van der Waals surface area contributed by atoms with Gasteiger partial charge in [0.2, 0.25) is 10.9 Å². The smallest absolute Gasteiger partial charge is 0.226 e. The van der Waals surface area contributed by atoms with Crippen molar-refractivity contribution in [3.05, 3.63) is 41.2 Å². The zero-order chi connectivity index (χ0) is 20.3. The van der Waals surface area contributed by atoms with Crippen LogP contribution in [-0.2, 0) is 11.2 Å². The lowest BCUT2D eigenvalue weighted by atomic mass is 9.49. The number of fused-ring (bicyclic) bond motifs is 1. The first-order chi connectivity index (χ1) is 14.6. The van der Waals surface area contributed by atoms with Crippen molar-refractivity contribution < 1.29 is 9.18 Å². The molecule has 0 radical (unpaired) electrons. The average molecular weight is 425 g/mol. The molecule has 4 aliphatic rings. The van der Waals surface area contributed by atoms with Crippen LogP contribution in [0.1, 0.15) is 44.2 Å². The highest BCUT2D eigenvalue weighted by Crippen LogP contribution is 2.60. The van der Waals surface area contributed by atoms with E-state index in [0.29, 0.717) is 24.4 Å². The summed E-state index contributed by atoms with van der Waals surface area (Å²) in [6.07, 6.45) is 8.02. The molecule has 156 valence electrons. The number of thiazole rings is 1. The summed E-state index contributed by atoms with van der Waals surface area (Å²) in [6.45, 7) is 0.613. The molecule has 2 aromatic heterocycles. The van der Waals surface area contributed by atoms with Crippen LogP contribution in [0.15, 0.2) is 29.6 Å². The molecule has 1 amide bonds. The zero-order valence-corrected chi connectivity index (χ0v) is 17.6. The van der Waals surface area contributed by atoms with E-state index >= 15 is 0 Å². The van der Waals surface area contributed by atoms with Gasteiger partial charge in [0.1, 0.15) is 5.82 Å². The summed E-state index contributed by atoms with van der Waals surface area (Å²) < 4.78 is 15.3. The average Bonchev–Trinajstić information content (AvgIpc) is 3.28. The number of halogens is 1. The number of nitrogens with zero attached hydrogens (tertiary/aromatic N) is 3. The molecule has 1 aromatic carbocycles. The molecule has 0 atom stereocenters. The standard InChI is InChI=1S/C23H25FN4OS/c24-18-3-1-2-17(9-18)20-26-22-28(27-20)19(13-30-22)4-5-25-21(29)23-10-14-6-15(11-23)8-16(7-14)12-23/h1-3,9,13-16H,4-8,10-12H2,(H,25,29). The van der Waals surface area contributed by atoms with Gasteiger partial charge in [-0.1, -0.05) is 12.1 Å². The lowest BCUT2D eigenvalue weighted by molar-refractivity contribution is -0.146. The van der Waals surface area contributed by atoms with Crippen LogP contribution < -0.4 is 5.32 Å². The normalized spacial score (nSPS) is 29.6. The number of nitrogens with one attached hydrogen (secondary N) is 1. The molecule has 0 saturated heterocycles. The van der Waals surface area contributed by atoms with Gasteiger partial charge in [-0.3, -0.25) is 4.79 Å². The van der Waals surface area contributed by atoms with Crippen LogP contribution >= 0.6 is 11.3 Å². The second-order valence-corrected chi connectivity index (χ2v) is 10.4. The quantitative estimate of drug-likeness (QED) is 0.657. The molecule has 1 N–H and O–H groups in total. The largest absolute Gasteiger partial charge is 0.355 e. The molecule has 4 bridgehead atoms.